The quantitative estimate of drug-likeness (QED) is 0.653. The van der Waals surface area contributed by atoms with Crippen LogP contribution in [0, 0.1) is 0 Å². The Morgan fingerprint density at radius 2 is 1.81 bits per heavy atom. The first kappa shape index (κ1) is 18.8. The summed E-state index contributed by atoms with van der Waals surface area (Å²) in [5, 5.41) is 5.04. The maximum Gasteiger partial charge on any atom is 0.273 e. The van der Waals surface area contributed by atoms with Crippen LogP contribution in [0.1, 0.15) is 20.7 Å². The summed E-state index contributed by atoms with van der Waals surface area (Å²) in [7, 11) is 1.42. The molecule has 0 aliphatic rings. The van der Waals surface area contributed by atoms with Crippen molar-refractivity contribution >= 4 is 35.0 Å². The molecule has 1 aromatic heterocycles. The number of halogens is 2. The second-order valence-electron chi connectivity index (χ2n) is 5.38. The van der Waals surface area contributed by atoms with Crippen LogP contribution in [-0.2, 0) is 0 Å². The van der Waals surface area contributed by atoms with Crippen LogP contribution in [0.2, 0.25) is 10.0 Å². The number of amides is 2. The summed E-state index contributed by atoms with van der Waals surface area (Å²) >= 11 is 12.0. The molecule has 0 fully saturated rings. The van der Waals surface area contributed by atoms with Gasteiger partial charge in [0.1, 0.15) is 5.75 Å². The third kappa shape index (κ3) is 4.21. The van der Waals surface area contributed by atoms with Gasteiger partial charge in [-0.3, -0.25) is 20.4 Å². The van der Waals surface area contributed by atoms with E-state index in [1.54, 1.807) is 24.3 Å². The molecule has 7 nitrogen and oxygen atoms in total. The molecule has 3 aromatic rings. The molecule has 0 unspecified atom stereocenters. The Balaban J connectivity index is 1.68. The van der Waals surface area contributed by atoms with Crippen molar-refractivity contribution in [2.45, 2.75) is 0 Å². The zero-order valence-corrected chi connectivity index (χ0v) is 15.6. The van der Waals surface area contributed by atoms with Gasteiger partial charge in [-0.25, -0.2) is 4.68 Å². The lowest BCUT2D eigenvalue weighted by atomic mass is 10.2. The second kappa shape index (κ2) is 8.11. The number of carbonyl (C=O) groups is 2. The van der Waals surface area contributed by atoms with Crippen molar-refractivity contribution in [3.63, 3.8) is 0 Å². The molecule has 0 bridgehead atoms. The van der Waals surface area contributed by atoms with E-state index in [2.05, 4.69) is 16.0 Å². The van der Waals surface area contributed by atoms with Gasteiger partial charge in [0.15, 0.2) is 0 Å². The number of aromatic nitrogens is 2. The summed E-state index contributed by atoms with van der Waals surface area (Å²) in [5.41, 5.74) is 5.77. The summed E-state index contributed by atoms with van der Waals surface area (Å²) < 4.78 is 6.59. The van der Waals surface area contributed by atoms with E-state index in [9.17, 15) is 9.59 Å². The number of nitrogens with zero attached hydrogens (tertiary/aromatic N) is 2. The van der Waals surface area contributed by atoms with Crippen LogP contribution >= 0.6 is 23.2 Å². The molecular weight excluding hydrogens is 391 g/mol. The Hall–Kier alpha value is -3.03. The summed E-state index contributed by atoms with van der Waals surface area (Å²) in [5.74, 6) is -0.786. The monoisotopic (exact) mass is 404 g/mol. The lowest BCUT2D eigenvalue weighted by molar-refractivity contribution is 0.0845. The van der Waals surface area contributed by atoms with Gasteiger partial charge in [0.2, 0.25) is 0 Å². The molecule has 0 radical (unpaired) electrons. The molecule has 0 spiro atoms. The van der Waals surface area contributed by atoms with Crippen molar-refractivity contribution in [1.82, 2.24) is 20.6 Å². The van der Waals surface area contributed by atoms with Crippen molar-refractivity contribution in [2.75, 3.05) is 7.11 Å². The fourth-order valence-corrected chi connectivity index (χ4v) is 2.70. The first-order chi connectivity index (χ1) is 13.0. The number of hydrogen-bond acceptors (Lipinski definition) is 4. The van der Waals surface area contributed by atoms with Crippen LogP contribution in [0.3, 0.4) is 0 Å². The minimum Gasteiger partial charge on any atom is -0.496 e. The number of hydrogen-bond donors (Lipinski definition) is 2. The Bertz CT molecular complexity index is 1000. The number of nitrogens with one attached hydrogen (secondary N) is 2. The second-order valence-corrected chi connectivity index (χ2v) is 6.22. The van der Waals surface area contributed by atoms with Gasteiger partial charge in [0, 0.05) is 11.2 Å². The molecule has 27 heavy (non-hydrogen) atoms. The number of benzene rings is 2. The molecule has 138 valence electrons. The summed E-state index contributed by atoms with van der Waals surface area (Å²) in [6.45, 7) is 0. The third-order valence-electron chi connectivity index (χ3n) is 3.64. The maximum atomic E-state index is 12.3. The zero-order valence-electron chi connectivity index (χ0n) is 14.1. The van der Waals surface area contributed by atoms with E-state index in [-0.39, 0.29) is 11.1 Å². The first-order valence-corrected chi connectivity index (χ1v) is 8.49. The van der Waals surface area contributed by atoms with Crippen LogP contribution < -0.4 is 15.6 Å². The standard InChI is InChI=1S/C18H14Cl2N4O3/c1-27-16-8-12(19)6-7-13(16)18(26)23-22-17(25)11-9-21-24(10-11)15-5-3-2-4-14(15)20/h2-10H,1H3,(H,22,25)(H,23,26). The van der Waals surface area contributed by atoms with Gasteiger partial charge in [-0.05, 0) is 30.3 Å². The predicted molar refractivity (Wildman–Crippen MR) is 102 cm³/mol. The van der Waals surface area contributed by atoms with Gasteiger partial charge in [-0.15, -0.1) is 0 Å². The van der Waals surface area contributed by atoms with Crippen LogP contribution in [0.15, 0.2) is 54.9 Å². The van der Waals surface area contributed by atoms with E-state index < -0.39 is 11.8 Å². The van der Waals surface area contributed by atoms with Crippen molar-refractivity contribution < 1.29 is 14.3 Å². The normalized spacial score (nSPS) is 10.3. The van der Waals surface area contributed by atoms with Gasteiger partial charge in [-0.2, -0.15) is 5.10 Å². The highest BCUT2D eigenvalue weighted by molar-refractivity contribution is 6.32. The van der Waals surface area contributed by atoms with Gasteiger partial charge < -0.3 is 4.74 Å². The fourth-order valence-electron chi connectivity index (χ4n) is 2.32. The van der Waals surface area contributed by atoms with E-state index in [0.717, 1.165) is 0 Å². The molecule has 2 amide bonds. The number of carbonyl (C=O) groups excluding carboxylic acids is 2. The highest BCUT2D eigenvalue weighted by atomic mass is 35.5. The van der Waals surface area contributed by atoms with Crippen molar-refractivity contribution in [1.29, 1.82) is 0 Å². The Labute approximate surface area is 164 Å². The van der Waals surface area contributed by atoms with Gasteiger partial charge >= 0.3 is 0 Å². The van der Waals surface area contributed by atoms with Gasteiger partial charge in [0.05, 0.1) is 35.1 Å². The highest BCUT2D eigenvalue weighted by Gasteiger charge is 2.15. The van der Waals surface area contributed by atoms with Crippen molar-refractivity contribution in [2.24, 2.45) is 0 Å². The third-order valence-corrected chi connectivity index (χ3v) is 4.20. The molecule has 0 saturated carbocycles. The van der Waals surface area contributed by atoms with Crippen molar-refractivity contribution in [3.05, 3.63) is 76.0 Å². The SMILES string of the molecule is COc1cc(Cl)ccc1C(=O)NNC(=O)c1cnn(-c2ccccc2Cl)c1. The number of ether oxygens (including phenoxy) is 1. The fraction of sp³-hybridized carbons (Fsp3) is 0.0556. The number of methoxy groups -OCH3 is 1. The minimum atomic E-state index is -0.546. The molecule has 2 aromatic carbocycles. The van der Waals surface area contributed by atoms with E-state index in [4.69, 9.17) is 27.9 Å². The summed E-state index contributed by atoms with van der Waals surface area (Å²) in [4.78, 5) is 24.5. The van der Waals surface area contributed by atoms with Gasteiger partial charge in [0.25, 0.3) is 11.8 Å². The Kier molecular flexibility index (Phi) is 5.63. The summed E-state index contributed by atoms with van der Waals surface area (Å²) in [6.07, 6.45) is 2.87. The molecular formula is C18H14Cl2N4O3. The average molecular weight is 405 g/mol. The Morgan fingerprint density at radius 1 is 1.07 bits per heavy atom. The predicted octanol–water partition coefficient (Wildman–Crippen LogP) is 3.26. The molecule has 2 N–H and O–H groups in total. The number of rotatable bonds is 4. The number of hydrazine groups is 1. The van der Waals surface area contributed by atoms with E-state index in [1.165, 1.54) is 36.3 Å². The zero-order chi connectivity index (χ0) is 19.4. The molecule has 0 saturated heterocycles. The van der Waals surface area contributed by atoms with E-state index >= 15 is 0 Å². The maximum absolute atomic E-state index is 12.3. The molecule has 0 atom stereocenters. The largest absolute Gasteiger partial charge is 0.496 e. The molecule has 1 heterocycles. The highest BCUT2D eigenvalue weighted by Crippen LogP contribution is 2.23. The van der Waals surface area contributed by atoms with E-state index in [1.807, 2.05) is 6.07 Å². The first-order valence-electron chi connectivity index (χ1n) is 7.73. The topological polar surface area (TPSA) is 85.2 Å². The summed E-state index contributed by atoms with van der Waals surface area (Å²) in [6, 6.07) is 11.6. The van der Waals surface area contributed by atoms with Crippen LogP contribution in [0.5, 0.6) is 5.75 Å². The lowest BCUT2D eigenvalue weighted by Gasteiger charge is -2.10. The average Bonchev–Trinajstić information content (AvgIpc) is 3.16. The van der Waals surface area contributed by atoms with Crippen LogP contribution in [-0.4, -0.2) is 28.7 Å². The molecule has 0 aliphatic heterocycles. The molecule has 0 aliphatic carbocycles. The van der Waals surface area contributed by atoms with Crippen molar-refractivity contribution in [3.8, 4) is 11.4 Å². The lowest BCUT2D eigenvalue weighted by Crippen LogP contribution is -2.41. The molecule has 9 heteroatoms. The van der Waals surface area contributed by atoms with Crippen LogP contribution in [0.25, 0.3) is 5.69 Å². The van der Waals surface area contributed by atoms with E-state index in [0.29, 0.717) is 21.5 Å². The molecule has 3 rings (SSSR count). The minimum absolute atomic E-state index is 0.231. The number of para-hydroxylation sites is 1. The smallest absolute Gasteiger partial charge is 0.273 e. The van der Waals surface area contributed by atoms with Crippen LogP contribution in [0.4, 0.5) is 0 Å². The van der Waals surface area contributed by atoms with Gasteiger partial charge in [-0.1, -0.05) is 35.3 Å². The Morgan fingerprint density at radius 3 is 2.56 bits per heavy atom.